The Bertz CT molecular complexity index is 1350. The van der Waals surface area contributed by atoms with E-state index >= 15 is 0 Å². The van der Waals surface area contributed by atoms with Crippen LogP contribution in [0.1, 0.15) is 12.0 Å². The van der Waals surface area contributed by atoms with Crippen LogP contribution in [-0.2, 0) is 0 Å². The summed E-state index contributed by atoms with van der Waals surface area (Å²) >= 11 is 0. The smallest absolute Gasteiger partial charge is 0.330 e. The number of anilines is 3. The number of aromatic nitrogens is 3. The fourth-order valence-corrected chi connectivity index (χ4v) is 4.56. The Morgan fingerprint density at radius 2 is 1.97 bits per heavy atom. The van der Waals surface area contributed by atoms with Crippen molar-refractivity contribution in [2.24, 2.45) is 0 Å². The summed E-state index contributed by atoms with van der Waals surface area (Å²) < 4.78 is 13.5. The van der Waals surface area contributed by atoms with Gasteiger partial charge in [0.05, 0.1) is 28.5 Å². The lowest BCUT2D eigenvalue weighted by Crippen LogP contribution is -2.48. The minimum absolute atomic E-state index is 0.0325. The molecule has 0 aliphatic carbocycles. The predicted molar refractivity (Wildman–Crippen MR) is 123 cm³/mol. The Kier molecular flexibility index (Phi) is 4.14. The molecule has 0 radical (unpaired) electrons. The summed E-state index contributed by atoms with van der Waals surface area (Å²) in [7, 11) is 0. The number of aryl methyl sites for hydroxylation is 1. The predicted octanol–water partition coefficient (Wildman–Crippen LogP) is 4.70. The SMILES string of the molecule is Cc1ccc(-c2ccc3c(n2)N(C(=O)Nc2nc4ccc(F)cc4[nH]2)[C@H]2CCN3C2)cc1. The molecule has 160 valence electrons. The van der Waals surface area contributed by atoms with Crippen LogP contribution in [-0.4, -0.2) is 40.1 Å². The molecule has 8 heteroatoms. The van der Waals surface area contributed by atoms with Crippen LogP contribution in [0.25, 0.3) is 22.3 Å². The summed E-state index contributed by atoms with van der Waals surface area (Å²) in [5.41, 5.74) is 5.09. The maximum Gasteiger partial charge on any atom is 0.330 e. The van der Waals surface area contributed by atoms with Crippen LogP contribution < -0.4 is 15.1 Å². The van der Waals surface area contributed by atoms with E-state index in [1.807, 2.05) is 31.2 Å². The number of hydrogen-bond donors (Lipinski definition) is 2. The van der Waals surface area contributed by atoms with Crippen molar-refractivity contribution in [3.8, 4) is 11.3 Å². The van der Waals surface area contributed by atoms with E-state index in [1.54, 1.807) is 11.0 Å². The minimum Gasteiger partial charge on any atom is -0.366 e. The van der Waals surface area contributed by atoms with Gasteiger partial charge in [0.15, 0.2) is 5.82 Å². The zero-order valence-corrected chi connectivity index (χ0v) is 17.5. The van der Waals surface area contributed by atoms with Gasteiger partial charge in [0, 0.05) is 18.7 Å². The summed E-state index contributed by atoms with van der Waals surface area (Å²) in [4.78, 5) is 29.6. The first-order chi connectivity index (χ1) is 15.5. The lowest BCUT2D eigenvalue weighted by atomic mass is 10.1. The Balaban J connectivity index is 1.36. The van der Waals surface area contributed by atoms with E-state index in [4.69, 9.17) is 4.98 Å². The Labute approximate surface area is 183 Å². The van der Waals surface area contributed by atoms with Crippen LogP contribution in [0.4, 0.5) is 26.6 Å². The number of benzene rings is 2. The number of pyridine rings is 1. The molecule has 2 aliphatic rings. The summed E-state index contributed by atoms with van der Waals surface area (Å²) in [5, 5.41) is 2.85. The number of hydrogen-bond acceptors (Lipinski definition) is 4. The molecule has 4 heterocycles. The highest BCUT2D eigenvalue weighted by atomic mass is 19.1. The van der Waals surface area contributed by atoms with Gasteiger partial charge < -0.3 is 9.88 Å². The van der Waals surface area contributed by atoms with Crippen molar-refractivity contribution in [1.82, 2.24) is 15.0 Å². The second kappa shape index (κ2) is 7.05. The molecule has 32 heavy (non-hydrogen) atoms. The summed E-state index contributed by atoms with van der Waals surface area (Å²) in [6.45, 7) is 3.71. The van der Waals surface area contributed by atoms with E-state index in [9.17, 15) is 9.18 Å². The first-order valence-corrected chi connectivity index (χ1v) is 10.6. The molecule has 7 nitrogen and oxygen atoms in total. The number of nitrogens with zero attached hydrogens (tertiary/aromatic N) is 4. The van der Waals surface area contributed by atoms with E-state index in [0.717, 1.165) is 36.5 Å². The van der Waals surface area contributed by atoms with E-state index in [-0.39, 0.29) is 23.8 Å². The number of H-pyrrole nitrogens is 1. The fraction of sp³-hybridized carbons (Fsp3) is 0.208. The lowest BCUT2D eigenvalue weighted by Gasteiger charge is -2.35. The van der Waals surface area contributed by atoms with Gasteiger partial charge in [-0.15, -0.1) is 0 Å². The quantitative estimate of drug-likeness (QED) is 0.485. The van der Waals surface area contributed by atoms with Crippen LogP contribution in [0.15, 0.2) is 54.6 Å². The van der Waals surface area contributed by atoms with Crippen molar-refractivity contribution in [1.29, 1.82) is 0 Å². The molecule has 2 aliphatic heterocycles. The monoisotopic (exact) mass is 428 g/mol. The number of carbonyl (C=O) groups excluding carboxylic acids is 1. The Hall–Kier alpha value is -3.94. The zero-order chi connectivity index (χ0) is 21.8. The molecule has 2 N–H and O–H groups in total. The number of imidazole rings is 1. The highest BCUT2D eigenvalue weighted by molar-refractivity contribution is 6.04. The molecule has 1 atom stereocenters. The van der Waals surface area contributed by atoms with Gasteiger partial charge in [0.25, 0.3) is 0 Å². The number of carbonyl (C=O) groups is 1. The zero-order valence-electron chi connectivity index (χ0n) is 17.5. The van der Waals surface area contributed by atoms with E-state index < -0.39 is 0 Å². The molecule has 0 spiro atoms. The molecule has 1 fully saturated rings. The van der Waals surface area contributed by atoms with Gasteiger partial charge in [-0.25, -0.2) is 19.2 Å². The third-order valence-electron chi connectivity index (χ3n) is 6.19. The second-order valence-electron chi connectivity index (χ2n) is 8.34. The van der Waals surface area contributed by atoms with Crippen molar-refractivity contribution in [3.05, 3.63) is 66.0 Å². The molecule has 2 amide bonds. The highest BCUT2D eigenvalue weighted by Crippen LogP contribution is 2.40. The van der Waals surface area contributed by atoms with Crippen LogP contribution in [0.2, 0.25) is 0 Å². The molecule has 1 saturated heterocycles. The number of aromatic amines is 1. The van der Waals surface area contributed by atoms with E-state index in [2.05, 4.69) is 32.3 Å². The highest BCUT2D eigenvalue weighted by Gasteiger charge is 2.40. The average Bonchev–Trinajstić information content (AvgIpc) is 3.38. The number of urea groups is 1. The van der Waals surface area contributed by atoms with Crippen LogP contribution >= 0.6 is 0 Å². The van der Waals surface area contributed by atoms with Crippen molar-refractivity contribution >= 4 is 34.5 Å². The topological polar surface area (TPSA) is 77.1 Å². The van der Waals surface area contributed by atoms with Gasteiger partial charge in [0.1, 0.15) is 5.82 Å². The summed E-state index contributed by atoms with van der Waals surface area (Å²) in [5.74, 6) is 0.576. The number of nitrogens with one attached hydrogen (secondary N) is 2. The molecule has 0 unspecified atom stereocenters. The Morgan fingerprint density at radius 3 is 2.81 bits per heavy atom. The van der Waals surface area contributed by atoms with Crippen LogP contribution in [0, 0.1) is 12.7 Å². The molecule has 6 rings (SSSR count). The van der Waals surface area contributed by atoms with Gasteiger partial charge >= 0.3 is 6.03 Å². The number of fused-ring (bicyclic) bond motifs is 5. The third kappa shape index (κ3) is 3.07. The average molecular weight is 428 g/mol. The number of rotatable bonds is 2. The van der Waals surface area contributed by atoms with Crippen molar-refractivity contribution in [2.75, 3.05) is 28.2 Å². The molecular weight excluding hydrogens is 407 g/mol. The fourth-order valence-electron chi connectivity index (χ4n) is 4.56. The first kappa shape index (κ1) is 18.8. The van der Waals surface area contributed by atoms with Gasteiger partial charge in [-0.1, -0.05) is 29.8 Å². The van der Waals surface area contributed by atoms with E-state index in [0.29, 0.717) is 16.9 Å². The molecule has 4 aromatic rings. The van der Waals surface area contributed by atoms with Crippen LogP contribution in [0.3, 0.4) is 0 Å². The second-order valence-corrected chi connectivity index (χ2v) is 8.34. The van der Waals surface area contributed by atoms with E-state index in [1.165, 1.54) is 17.7 Å². The van der Waals surface area contributed by atoms with Gasteiger partial charge in [-0.2, -0.15) is 0 Å². The maximum atomic E-state index is 13.5. The van der Waals surface area contributed by atoms with Gasteiger partial charge in [-0.05, 0) is 43.7 Å². The van der Waals surface area contributed by atoms with Gasteiger partial charge in [0.2, 0.25) is 5.95 Å². The van der Waals surface area contributed by atoms with Crippen molar-refractivity contribution in [3.63, 3.8) is 0 Å². The minimum atomic E-state index is -0.358. The molecule has 2 aromatic carbocycles. The first-order valence-electron chi connectivity index (χ1n) is 10.6. The third-order valence-corrected chi connectivity index (χ3v) is 6.19. The molecular formula is C24H21FN6O. The molecule has 0 saturated carbocycles. The normalized spacial score (nSPS) is 17.0. The van der Waals surface area contributed by atoms with Crippen molar-refractivity contribution in [2.45, 2.75) is 19.4 Å². The lowest BCUT2D eigenvalue weighted by molar-refractivity contribution is 0.254. The Morgan fingerprint density at radius 1 is 1.12 bits per heavy atom. The molecule has 2 bridgehead atoms. The standard InChI is InChI=1S/C24H21FN6O/c1-14-2-4-15(5-3-14)18-8-9-21-22(26-18)31(17-10-11-30(21)13-17)24(32)29-23-27-19-7-6-16(25)12-20(19)28-23/h2-9,12,17H,10-11,13H2,1H3,(H2,27,28,29,32)/t17-/m0/s1. The summed E-state index contributed by atoms with van der Waals surface area (Å²) in [6, 6.07) is 16.3. The maximum absolute atomic E-state index is 13.5. The van der Waals surface area contributed by atoms with Crippen molar-refractivity contribution < 1.29 is 9.18 Å². The number of amides is 2. The molecule has 2 aromatic heterocycles. The number of halogens is 1. The largest absolute Gasteiger partial charge is 0.366 e. The summed E-state index contributed by atoms with van der Waals surface area (Å²) in [6.07, 6.45) is 0.870. The van der Waals surface area contributed by atoms with Gasteiger partial charge in [-0.3, -0.25) is 10.2 Å². The van der Waals surface area contributed by atoms with Crippen LogP contribution in [0.5, 0.6) is 0 Å².